The minimum atomic E-state index is -0.496. The lowest BCUT2D eigenvalue weighted by molar-refractivity contribution is 0.0932. The lowest BCUT2D eigenvalue weighted by Gasteiger charge is -2.14. The number of halogens is 1. The summed E-state index contributed by atoms with van der Waals surface area (Å²) in [6.07, 6.45) is 3.49. The van der Waals surface area contributed by atoms with Crippen LogP contribution in [0.25, 0.3) is 0 Å². The van der Waals surface area contributed by atoms with Gasteiger partial charge in [0, 0.05) is 18.4 Å². The van der Waals surface area contributed by atoms with Crippen LogP contribution < -0.4 is 5.32 Å². The Labute approximate surface area is 111 Å². The lowest BCUT2D eigenvalue weighted by atomic mass is 10.1. The van der Waals surface area contributed by atoms with E-state index >= 15 is 0 Å². The lowest BCUT2D eigenvalue weighted by Crippen LogP contribution is -2.36. The summed E-state index contributed by atoms with van der Waals surface area (Å²) in [6, 6.07) is 6.26. The molecular formula is C14H16FN3O. The summed E-state index contributed by atoms with van der Waals surface area (Å²) >= 11 is 0. The number of benzene rings is 1. The molecule has 0 aliphatic carbocycles. The van der Waals surface area contributed by atoms with Gasteiger partial charge in [-0.1, -0.05) is 6.07 Å². The van der Waals surface area contributed by atoms with E-state index in [0.29, 0.717) is 6.54 Å². The van der Waals surface area contributed by atoms with E-state index in [9.17, 15) is 9.18 Å². The van der Waals surface area contributed by atoms with Crippen molar-refractivity contribution in [2.24, 2.45) is 0 Å². The number of nitrogens with zero attached hydrogens (tertiary/aromatic N) is 2. The topological polar surface area (TPSA) is 46.9 Å². The van der Waals surface area contributed by atoms with Crippen molar-refractivity contribution in [3.8, 4) is 0 Å². The summed E-state index contributed by atoms with van der Waals surface area (Å²) < 4.78 is 15.4. The second kappa shape index (κ2) is 5.65. The summed E-state index contributed by atoms with van der Waals surface area (Å²) in [5.74, 6) is -0.902. The molecule has 100 valence electrons. The zero-order valence-electron chi connectivity index (χ0n) is 10.9. The van der Waals surface area contributed by atoms with Gasteiger partial charge in [-0.15, -0.1) is 0 Å². The largest absolute Gasteiger partial charge is 0.348 e. The standard InChI is InChI=1S/C14H16FN3O/c1-10-4-5-12(13(15)8-10)14(19)17-11(2)9-18-7-3-6-16-18/h3-8,11H,9H2,1-2H3,(H,17,19). The Morgan fingerprint density at radius 3 is 2.95 bits per heavy atom. The summed E-state index contributed by atoms with van der Waals surface area (Å²) in [7, 11) is 0. The summed E-state index contributed by atoms with van der Waals surface area (Å²) in [6.45, 7) is 4.18. The van der Waals surface area contributed by atoms with E-state index < -0.39 is 11.7 Å². The molecule has 1 aromatic heterocycles. The van der Waals surface area contributed by atoms with E-state index in [2.05, 4.69) is 10.4 Å². The molecule has 0 bridgehead atoms. The molecule has 5 heteroatoms. The van der Waals surface area contributed by atoms with Gasteiger partial charge in [0.2, 0.25) is 0 Å². The number of aryl methyl sites for hydroxylation is 1. The highest BCUT2D eigenvalue weighted by Gasteiger charge is 2.14. The molecule has 1 amide bonds. The van der Waals surface area contributed by atoms with Crippen LogP contribution in [-0.4, -0.2) is 21.7 Å². The van der Waals surface area contributed by atoms with Crippen molar-refractivity contribution >= 4 is 5.91 Å². The van der Waals surface area contributed by atoms with Crippen molar-refractivity contribution in [2.75, 3.05) is 0 Å². The second-order valence-corrected chi connectivity index (χ2v) is 4.59. The first-order chi connectivity index (χ1) is 9.06. The third-order valence-electron chi connectivity index (χ3n) is 2.77. The SMILES string of the molecule is Cc1ccc(C(=O)NC(C)Cn2cccn2)c(F)c1. The van der Waals surface area contributed by atoms with Crippen molar-refractivity contribution in [1.82, 2.24) is 15.1 Å². The molecule has 19 heavy (non-hydrogen) atoms. The van der Waals surface area contributed by atoms with Crippen molar-refractivity contribution in [3.63, 3.8) is 0 Å². The Kier molecular flexibility index (Phi) is 3.94. The molecule has 2 rings (SSSR count). The first-order valence-electron chi connectivity index (χ1n) is 6.10. The van der Waals surface area contributed by atoms with Gasteiger partial charge in [-0.25, -0.2) is 4.39 Å². The zero-order chi connectivity index (χ0) is 13.8. The maximum atomic E-state index is 13.7. The molecule has 1 heterocycles. The number of carbonyl (C=O) groups is 1. The Morgan fingerprint density at radius 2 is 2.32 bits per heavy atom. The highest BCUT2D eigenvalue weighted by molar-refractivity contribution is 5.94. The molecule has 0 aliphatic heterocycles. The van der Waals surface area contributed by atoms with E-state index in [1.54, 1.807) is 23.9 Å². The Morgan fingerprint density at radius 1 is 1.53 bits per heavy atom. The molecule has 1 atom stereocenters. The smallest absolute Gasteiger partial charge is 0.254 e. The van der Waals surface area contributed by atoms with Crippen LogP contribution in [0.1, 0.15) is 22.8 Å². The van der Waals surface area contributed by atoms with Crippen LogP contribution >= 0.6 is 0 Å². The minimum absolute atomic E-state index is 0.0675. The molecule has 0 fully saturated rings. The first kappa shape index (κ1) is 13.3. The van der Waals surface area contributed by atoms with Crippen LogP contribution in [0, 0.1) is 12.7 Å². The van der Waals surface area contributed by atoms with Crippen LogP contribution in [0.15, 0.2) is 36.7 Å². The number of nitrogens with one attached hydrogen (secondary N) is 1. The fraction of sp³-hybridized carbons (Fsp3) is 0.286. The molecule has 0 spiro atoms. The van der Waals surface area contributed by atoms with Gasteiger partial charge in [-0.3, -0.25) is 9.48 Å². The highest BCUT2D eigenvalue weighted by Crippen LogP contribution is 2.10. The molecular weight excluding hydrogens is 245 g/mol. The average Bonchev–Trinajstić information content (AvgIpc) is 2.81. The minimum Gasteiger partial charge on any atom is -0.348 e. The number of hydrogen-bond acceptors (Lipinski definition) is 2. The quantitative estimate of drug-likeness (QED) is 0.916. The van der Waals surface area contributed by atoms with Gasteiger partial charge in [0.1, 0.15) is 5.82 Å². The van der Waals surface area contributed by atoms with E-state index in [-0.39, 0.29) is 11.6 Å². The first-order valence-corrected chi connectivity index (χ1v) is 6.10. The van der Waals surface area contributed by atoms with E-state index in [1.807, 2.05) is 19.2 Å². The van der Waals surface area contributed by atoms with E-state index in [4.69, 9.17) is 0 Å². The van der Waals surface area contributed by atoms with E-state index in [0.717, 1.165) is 5.56 Å². The van der Waals surface area contributed by atoms with Crippen molar-refractivity contribution < 1.29 is 9.18 Å². The third-order valence-corrected chi connectivity index (χ3v) is 2.77. The zero-order valence-corrected chi connectivity index (χ0v) is 10.9. The molecule has 0 radical (unpaired) electrons. The van der Waals surface area contributed by atoms with Gasteiger partial charge in [-0.05, 0) is 37.6 Å². The van der Waals surface area contributed by atoms with Crippen molar-refractivity contribution in [1.29, 1.82) is 0 Å². The predicted octanol–water partition coefficient (Wildman–Crippen LogP) is 2.15. The van der Waals surface area contributed by atoms with Crippen molar-refractivity contribution in [3.05, 3.63) is 53.6 Å². The summed E-state index contributed by atoms with van der Waals surface area (Å²) in [5.41, 5.74) is 0.858. The van der Waals surface area contributed by atoms with Crippen LogP contribution in [-0.2, 0) is 6.54 Å². The van der Waals surface area contributed by atoms with E-state index in [1.165, 1.54) is 12.1 Å². The molecule has 0 saturated heterocycles. The Hall–Kier alpha value is -2.17. The van der Waals surface area contributed by atoms with Gasteiger partial charge >= 0.3 is 0 Å². The molecule has 4 nitrogen and oxygen atoms in total. The maximum Gasteiger partial charge on any atom is 0.254 e. The molecule has 1 unspecified atom stereocenters. The fourth-order valence-electron chi connectivity index (χ4n) is 1.84. The van der Waals surface area contributed by atoms with Crippen LogP contribution in [0.2, 0.25) is 0 Å². The number of rotatable bonds is 4. The second-order valence-electron chi connectivity index (χ2n) is 4.59. The van der Waals surface area contributed by atoms with Gasteiger partial charge in [0.05, 0.1) is 12.1 Å². The fourth-order valence-corrected chi connectivity index (χ4v) is 1.84. The predicted molar refractivity (Wildman–Crippen MR) is 70.3 cm³/mol. The third kappa shape index (κ3) is 3.40. The van der Waals surface area contributed by atoms with Crippen molar-refractivity contribution in [2.45, 2.75) is 26.4 Å². The summed E-state index contributed by atoms with van der Waals surface area (Å²) in [4.78, 5) is 11.9. The number of hydrogen-bond donors (Lipinski definition) is 1. The molecule has 2 aromatic rings. The van der Waals surface area contributed by atoms with Crippen LogP contribution in [0.4, 0.5) is 4.39 Å². The number of aromatic nitrogens is 2. The molecule has 1 aromatic carbocycles. The number of amides is 1. The van der Waals surface area contributed by atoms with Crippen LogP contribution in [0.3, 0.4) is 0 Å². The Balaban J connectivity index is 2.00. The average molecular weight is 261 g/mol. The normalized spacial score (nSPS) is 12.2. The van der Waals surface area contributed by atoms with Gasteiger partial charge in [-0.2, -0.15) is 5.10 Å². The van der Waals surface area contributed by atoms with Gasteiger partial charge < -0.3 is 5.32 Å². The molecule has 0 saturated carbocycles. The maximum absolute atomic E-state index is 13.7. The monoisotopic (exact) mass is 261 g/mol. The van der Waals surface area contributed by atoms with Crippen LogP contribution in [0.5, 0.6) is 0 Å². The van der Waals surface area contributed by atoms with Gasteiger partial charge in [0.25, 0.3) is 5.91 Å². The Bertz CT molecular complexity index is 566. The highest BCUT2D eigenvalue weighted by atomic mass is 19.1. The number of carbonyl (C=O) groups excluding carboxylic acids is 1. The molecule has 1 N–H and O–H groups in total. The van der Waals surface area contributed by atoms with Gasteiger partial charge in [0.15, 0.2) is 0 Å². The summed E-state index contributed by atoms with van der Waals surface area (Å²) in [5, 5.41) is 6.81. The molecule has 0 aliphatic rings.